The van der Waals surface area contributed by atoms with Crippen LogP contribution in [-0.2, 0) is 25.5 Å². The number of rotatable bonds is 15. The molecule has 5 N–H and O–H groups in total. The first-order valence-electron chi connectivity index (χ1n) is 13.2. The van der Waals surface area contributed by atoms with Crippen LogP contribution in [0, 0.1) is 0 Å². The molecular weight excluding hydrogens is 552 g/mol. The summed E-state index contributed by atoms with van der Waals surface area (Å²) < 4.78 is 20.8. The van der Waals surface area contributed by atoms with Gasteiger partial charge in [0.2, 0.25) is 12.0 Å². The molecule has 0 heterocycles. The van der Waals surface area contributed by atoms with Crippen molar-refractivity contribution < 1.29 is 53.4 Å². The van der Waals surface area contributed by atoms with Crippen molar-refractivity contribution >= 4 is 23.9 Å². The summed E-state index contributed by atoms with van der Waals surface area (Å²) in [6, 6.07) is 9.68. The predicted octanol–water partition coefficient (Wildman–Crippen LogP) is 2.41. The molecular formula is C29H38N2O11. The summed E-state index contributed by atoms with van der Waals surface area (Å²) in [6.07, 6.45) is -1.06. The Morgan fingerprint density at radius 2 is 1.69 bits per heavy atom. The molecule has 2 aromatic rings. The van der Waals surface area contributed by atoms with E-state index in [4.69, 9.17) is 24.4 Å². The first kappa shape index (κ1) is 33.7. The Kier molecular flexibility index (Phi) is 12.9. The van der Waals surface area contributed by atoms with Crippen molar-refractivity contribution in [3.63, 3.8) is 0 Å². The quantitative estimate of drug-likeness (QED) is 0.151. The van der Waals surface area contributed by atoms with Crippen LogP contribution in [-0.4, -0.2) is 83.9 Å². The number of aliphatic hydroxyl groups is 1. The maximum absolute atomic E-state index is 13.0. The van der Waals surface area contributed by atoms with Crippen molar-refractivity contribution in [3.05, 3.63) is 53.6 Å². The number of methoxy groups -OCH3 is 1. The third-order valence-electron chi connectivity index (χ3n) is 5.61. The third-order valence-corrected chi connectivity index (χ3v) is 5.61. The SMILES string of the molecule is COC(=O)c1c(O)cccc1OCCCCNC(=O)[C@H](Cc1ccc(OC(CO)C(=O)O)cc1)NC(=O)OC(C)(C)C. The summed E-state index contributed by atoms with van der Waals surface area (Å²) in [5, 5.41) is 33.5. The van der Waals surface area contributed by atoms with Crippen molar-refractivity contribution in [1.29, 1.82) is 0 Å². The number of hydrogen-bond donors (Lipinski definition) is 5. The molecule has 0 aliphatic rings. The summed E-state index contributed by atoms with van der Waals surface area (Å²) in [6.45, 7) is 4.87. The highest BCUT2D eigenvalue weighted by Crippen LogP contribution is 2.28. The van der Waals surface area contributed by atoms with Crippen LogP contribution in [0.3, 0.4) is 0 Å². The van der Waals surface area contributed by atoms with Gasteiger partial charge in [-0.3, -0.25) is 4.79 Å². The molecule has 0 spiro atoms. The second-order valence-corrected chi connectivity index (χ2v) is 10.2. The number of amides is 2. The normalized spacial score (nSPS) is 12.4. The fourth-order valence-corrected chi connectivity index (χ4v) is 3.62. The van der Waals surface area contributed by atoms with Gasteiger partial charge in [-0.05, 0) is 63.4 Å². The van der Waals surface area contributed by atoms with E-state index in [0.717, 1.165) is 0 Å². The minimum absolute atomic E-state index is 0.0703. The van der Waals surface area contributed by atoms with Crippen molar-refractivity contribution in [2.45, 2.75) is 57.8 Å². The molecule has 0 aliphatic carbocycles. The Morgan fingerprint density at radius 1 is 1.00 bits per heavy atom. The zero-order chi connectivity index (χ0) is 31.3. The van der Waals surface area contributed by atoms with E-state index in [0.29, 0.717) is 18.4 Å². The van der Waals surface area contributed by atoms with E-state index in [1.807, 2.05) is 0 Å². The number of benzene rings is 2. The van der Waals surface area contributed by atoms with Crippen LogP contribution in [0.15, 0.2) is 42.5 Å². The number of aliphatic carboxylic acids is 1. The molecule has 42 heavy (non-hydrogen) atoms. The van der Waals surface area contributed by atoms with Crippen LogP contribution in [0.2, 0.25) is 0 Å². The fraction of sp³-hybridized carbons (Fsp3) is 0.448. The Morgan fingerprint density at radius 3 is 2.29 bits per heavy atom. The highest BCUT2D eigenvalue weighted by molar-refractivity contribution is 5.95. The minimum atomic E-state index is -1.41. The van der Waals surface area contributed by atoms with Gasteiger partial charge in [-0.1, -0.05) is 18.2 Å². The minimum Gasteiger partial charge on any atom is -0.507 e. The molecule has 2 atom stereocenters. The second-order valence-electron chi connectivity index (χ2n) is 10.2. The topological polar surface area (TPSA) is 190 Å². The van der Waals surface area contributed by atoms with Crippen molar-refractivity contribution in [2.24, 2.45) is 0 Å². The van der Waals surface area contributed by atoms with Gasteiger partial charge in [0.05, 0.1) is 20.3 Å². The van der Waals surface area contributed by atoms with E-state index in [-0.39, 0.29) is 42.4 Å². The average Bonchev–Trinajstić information content (AvgIpc) is 2.92. The zero-order valence-electron chi connectivity index (χ0n) is 24.0. The lowest BCUT2D eigenvalue weighted by Crippen LogP contribution is -2.49. The van der Waals surface area contributed by atoms with E-state index in [2.05, 4.69) is 15.4 Å². The number of carbonyl (C=O) groups excluding carboxylic acids is 3. The van der Waals surface area contributed by atoms with Gasteiger partial charge in [0.1, 0.15) is 34.5 Å². The van der Waals surface area contributed by atoms with E-state index in [1.165, 1.54) is 37.4 Å². The smallest absolute Gasteiger partial charge is 0.408 e. The molecule has 2 amide bonds. The Balaban J connectivity index is 1.96. The molecule has 2 aromatic carbocycles. The number of carbonyl (C=O) groups is 4. The van der Waals surface area contributed by atoms with E-state index in [1.54, 1.807) is 32.9 Å². The van der Waals surface area contributed by atoms with Crippen LogP contribution in [0.25, 0.3) is 0 Å². The van der Waals surface area contributed by atoms with Crippen LogP contribution >= 0.6 is 0 Å². The maximum Gasteiger partial charge on any atom is 0.408 e. The summed E-state index contributed by atoms with van der Waals surface area (Å²) in [4.78, 5) is 48.4. The number of aliphatic hydroxyl groups excluding tert-OH is 1. The molecule has 0 bridgehead atoms. The number of ether oxygens (including phenoxy) is 4. The molecule has 0 aromatic heterocycles. The van der Waals surface area contributed by atoms with Crippen molar-refractivity contribution in [1.82, 2.24) is 10.6 Å². The maximum atomic E-state index is 13.0. The first-order valence-corrected chi connectivity index (χ1v) is 13.2. The van der Waals surface area contributed by atoms with Gasteiger partial charge in [-0.15, -0.1) is 0 Å². The summed E-state index contributed by atoms with van der Waals surface area (Å²) in [7, 11) is 1.20. The molecule has 1 unspecified atom stereocenters. The summed E-state index contributed by atoms with van der Waals surface area (Å²) in [5.41, 5.74) is -0.199. The van der Waals surface area contributed by atoms with Gasteiger partial charge in [-0.25, -0.2) is 14.4 Å². The number of esters is 1. The number of nitrogens with one attached hydrogen (secondary N) is 2. The zero-order valence-corrected chi connectivity index (χ0v) is 24.0. The molecule has 230 valence electrons. The van der Waals surface area contributed by atoms with E-state index >= 15 is 0 Å². The number of aromatic hydroxyl groups is 1. The van der Waals surface area contributed by atoms with E-state index in [9.17, 15) is 24.3 Å². The van der Waals surface area contributed by atoms with Gasteiger partial charge >= 0.3 is 18.0 Å². The lowest BCUT2D eigenvalue weighted by atomic mass is 10.0. The molecule has 0 fully saturated rings. The highest BCUT2D eigenvalue weighted by atomic mass is 16.6. The number of carboxylic acid groups (broad SMARTS) is 1. The third kappa shape index (κ3) is 11.2. The molecule has 0 saturated heterocycles. The highest BCUT2D eigenvalue weighted by Gasteiger charge is 2.25. The molecule has 13 heteroatoms. The van der Waals surface area contributed by atoms with Gasteiger partial charge < -0.3 is 44.9 Å². The average molecular weight is 591 g/mol. The Bertz CT molecular complexity index is 1210. The second kappa shape index (κ2) is 16.1. The van der Waals surface area contributed by atoms with Crippen LogP contribution in [0.4, 0.5) is 4.79 Å². The number of phenols is 1. The largest absolute Gasteiger partial charge is 0.507 e. The van der Waals surface area contributed by atoms with Crippen molar-refractivity contribution in [3.8, 4) is 17.2 Å². The number of alkyl carbamates (subject to hydrolysis) is 1. The molecule has 2 rings (SSSR count). The van der Waals surface area contributed by atoms with E-state index < -0.39 is 48.3 Å². The number of carboxylic acids is 1. The standard InChI is InChI=1S/C29H38N2O11/c1-29(2,3)42-28(38)31-20(16-18-10-12-19(13-11-18)41-23(17-32)26(35)36)25(34)30-14-5-6-15-40-22-9-7-8-21(33)24(22)27(37)39-4/h7-13,20,23,32-33H,5-6,14-17H2,1-4H3,(H,30,34)(H,31,38)(H,35,36)/t20-,23?/m0/s1. The first-order chi connectivity index (χ1) is 19.8. The number of hydrogen-bond acceptors (Lipinski definition) is 10. The van der Waals surface area contributed by atoms with Gasteiger partial charge in [0, 0.05) is 13.0 Å². The number of phenolic OH excluding ortho intramolecular Hbond substituents is 1. The Labute approximate surface area is 243 Å². The fourth-order valence-electron chi connectivity index (χ4n) is 3.62. The monoisotopic (exact) mass is 590 g/mol. The summed E-state index contributed by atoms with van der Waals surface area (Å²) in [5.74, 6) is -2.35. The lowest BCUT2D eigenvalue weighted by Gasteiger charge is -2.23. The van der Waals surface area contributed by atoms with Crippen molar-refractivity contribution in [2.75, 3.05) is 26.9 Å². The molecule has 0 saturated carbocycles. The van der Waals surface area contributed by atoms with Crippen LogP contribution < -0.4 is 20.1 Å². The summed E-state index contributed by atoms with van der Waals surface area (Å²) >= 11 is 0. The van der Waals surface area contributed by atoms with Gasteiger partial charge in [0.25, 0.3) is 0 Å². The predicted molar refractivity (Wildman–Crippen MR) is 150 cm³/mol. The van der Waals surface area contributed by atoms with Gasteiger partial charge in [0.15, 0.2) is 0 Å². The van der Waals surface area contributed by atoms with Crippen LogP contribution in [0.1, 0.15) is 49.5 Å². The molecule has 0 aliphatic heterocycles. The van der Waals surface area contributed by atoms with Gasteiger partial charge in [-0.2, -0.15) is 0 Å². The van der Waals surface area contributed by atoms with Crippen LogP contribution in [0.5, 0.6) is 17.2 Å². The number of unbranched alkanes of at least 4 members (excludes halogenated alkanes) is 1. The molecule has 0 radical (unpaired) electrons. The lowest BCUT2D eigenvalue weighted by molar-refractivity contribution is -0.146. The Hall–Kier alpha value is -4.52. The molecule has 13 nitrogen and oxygen atoms in total.